The van der Waals surface area contributed by atoms with Gasteiger partial charge in [-0.2, -0.15) is 0 Å². The van der Waals surface area contributed by atoms with E-state index >= 15 is 0 Å². The van der Waals surface area contributed by atoms with E-state index in [-0.39, 0.29) is 0 Å². The average molecular weight is 453 g/mol. The van der Waals surface area contributed by atoms with Crippen LogP contribution in [0, 0.1) is 0 Å². The van der Waals surface area contributed by atoms with Crippen molar-refractivity contribution in [3.05, 3.63) is 42.2 Å². The van der Waals surface area contributed by atoms with Gasteiger partial charge in [-0.1, -0.05) is 128 Å². The van der Waals surface area contributed by atoms with Gasteiger partial charge >= 0.3 is 0 Å². The molecule has 0 aliphatic heterocycles. The van der Waals surface area contributed by atoms with Crippen molar-refractivity contribution < 1.29 is 4.74 Å². The van der Waals surface area contributed by atoms with Gasteiger partial charge in [0.1, 0.15) is 0 Å². The lowest BCUT2D eigenvalue weighted by molar-refractivity contribution is 0.302. The van der Waals surface area contributed by atoms with Crippen molar-refractivity contribution in [1.29, 1.82) is 0 Å². The Morgan fingerprint density at radius 3 is 1.61 bits per heavy atom. The second-order valence-electron chi connectivity index (χ2n) is 9.49. The molecule has 2 rings (SSSR count). The van der Waals surface area contributed by atoms with Crippen LogP contribution in [-0.4, -0.2) is 16.6 Å². The Morgan fingerprint density at radius 1 is 0.576 bits per heavy atom. The molecule has 184 valence electrons. The van der Waals surface area contributed by atoms with Gasteiger partial charge in [-0.05, 0) is 24.8 Å². The third-order valence-corrected chi connectivity index (χ3v) is 6.43. The van der Waals surface area contributed by atoms with Gasteiger partial charge in [0.05, 0.1) is 19.0 Å². The van der Waals surface area contributed by atoms with Gasteiger partial charge in [0.25, 0.3) is 0 Å². The zero-order chi connectivity index (χ0) is 23.4. The van der Waals surface area contributed by atoms with Crippen LogP contribution in [0.5, 0.6) is 5.75 Å². The number of hydrogen-bond donors (Lipinski definition) is 0. The molecule has 0 saturated heterocycles. The van der Waals surface area contributed by atoms with E-state index in [0.29, 0.717) is 0 Å². The molecule has 0 aliphatic carbocycles. The van der Waals surface area contributed by atoms with E-state index in [1.165, 1.54) is 108 Å². The SMILES string of the molecule is CCCCCCCCCCCOc1cnc(-c2ccc(CCCCCCCCC)cc2)nc1. The van der Waals surface area contributed by atoms with Gasteiger partial charge in [0, 0.05) is 5.56 Å². The molecule has 0 bridgehead atoms. The summed E-state index contributed by atoms with van der Waals surface area (Å²) < 4.78 is 5.84. The molecule has 0 aliphatic rings. The Balaban J connectivity index is 1.58. The summed E-state index contributed by atoms with van der Waals surface area (Å²) in [4.78, 5) is 9.03. The Bertz CT molecular complexity index is 696. The lowest BCUT2D eigenvalue weighted by Gasteiger charge is -2.07. The number of aryl methyl sites for hydroxylation is 1. The summed E-state index contributed by atoms with van der Waals surface area (Å²) in [6, 6.07) is 8.75. The molecule has 2 aromatic rings. The highest BCUT2D eigenvalue weighted by Gasteiger charge is 2.03. The molecule has 1 aromatic carbocycles. The summed E-state index contributed by atoms with van der Waals surface area (Å²) in [5.41, 5.74) is 2.48. The molecule has 3 heteroatoms. The number of nitrogens with zero attached hydrogens (tertiary/aromatic N) is 2. The molecule has 0 amide bonds. The quantitative estimate of drug-likeness (QED) is 0.188. The Labute approximate surface area is 203 Å². The molecule has 0 radical (unpaired) electrons. The monoisotopic (exact) mass is 452 g/mol. The van der Waals surface area contributed by atoms with E-state index in [2.05, 4.69) is 48.1 Å². The summed E-state index contributed by atoms with van der Waals surface area (Å²) in [7, 11) is 0. The molecular formula is C30H48N2O. The second-order valence-corrected chi connectivity index (χ2v) is 9.49. The van der Waals surface area contributed by atoms with Gasteiger partial charge in [-0.15, -0.1) is 0 Å². The minimum atomic E-state index is 0.756. The molecule has 0 spiro atoms. The van der Waals surface area contributed by atoms with Crippen LogP contribution in [-0.2, 0) is 6.42 Å². The highest BCUT2D eigenvalue weighted by atomic mass is 16.5. The van der Waals surface area contributed by atoms with E-state index in [0.717, 1.165) is 30.2 Å². The smallest absolute Gasteiger partial charge is 0.159 e. The first kappa shape index (κ1) is 27.3. The molecular weight excluding hydrogens is 404 g/mol. The fourth-order valence-corrected chi connectivity index (χ4v) is 4.25. The molecule has 33 heavy (non-hydrogen) atoms. The summed E-state index contributed by atoms with van der Waals surface area (Å²) in [5.74, 6) is 1.54. The standard InChI is InChI=1S/C30H48N2O/c1-3-5-7-9-11-12-14-16-18-24-33-29-25-31-30(32-26-29)28-22-20-27(21-23-28)19-17-15-13-10-8-6-4-2/h20-23,25-26H,3-19,24H2,1-2H3. The predicted octanol–water partition coefficient (Wildman–Crippen LogP) is 9.35. The Hall–Kier alpha value is -1.90. The van der Waals surface area contributed by atoms with Crippen LogP contribution >= 0.6 is 0 Å². The average Bonchev–Trinajstić information content (AvgIpc) is 2.85. The first-order chi connectivity index (χ1) is 16.3. The Kier molecular flexibility index (Phi) is 15.3. The van der Waals surface area contributed by atoms with Crippen LogP contribution in [0.4, 0.5) is 0 Å². The number of hydrogen-bond acceptors (Lipinski definition) is 3. The first-order valence-corrected chi connectivity index (χ1v) is 13.9. The van der Waals surface area contributed by atoms with Crippen molar-refractivity contribution in [2.45, 2.75) is 123 Å². The maximum atomic E-state index is 5.84. The first-order valence-electron chi connectivity index (χ1n) is 13.9. The third kappa shape index (κ3) is 12.8. The third-order valence-electron chi connectivity index (χ3n) is 6.43. The molecule has 0 fully saturated rings. The van der Waals surface area contributed by atoms with E-state index in [1.54, 1.807) is 0 Å². The van der Waals surface area contributed by atoms with E-state index < -0.39 is 0 Å². The fourth-order valence-electron chi connectivity index (χ4n) is 4.25. The molecule has 0 N–H and O–H groups in total. The van der Waals surface area contributed by atoms with E-state index in [1.807, 2.05) is 12.4 Å². The molecule has 3 nitrogen and oxygen atoms in total. The lowest BCUT2D eigenvalue weighted by Crippen LogP contribution is -1.99. The maximum absolute atomic E-state index is 5.84. The summed E-state index contributed by atoms with van der Waals surface area (Å²) in [6.45, 7) is 5.30. The fraction of sp³-hybridized carbons (Fsp3) is 0.667. The van der Waals surface area contributed by atoms with Gasteiger partial charge in [0.15, 0.2) is 11.6 Å². The van der Waals surface area contributed by atoms with Gasteiger partial charge in [-0.25, -0.2) is 9.97 Å². The predicted molar refractivity (Wildman–Crippen MR) is 142 cm³/mol. The molecule has 1 heterocycles. The topological polar surface area (TPSA) is 35.0 Å². The summed E-state index contributed by atoms with van der Waals surface area (Å²) in [5, 5.41) is 0. The van der Waals surface area contributed by atoms with Crippen LogP contribution in [0.3, 0.4) is 0 Å². The zero-order valence-corrected chi connectivity index (χ0v) is 21.5. The van der Waals surface area contributed by atoms with Crippen molar-refractivity contribution in [1.82, 2.24) is 9.97 Å². The van der Waals surface area contributed by atoms with Crippen molar-refractivity contribution in [2.75, 3.05) is 6.61 Å². The molecule has 1 aromatic heterocycles. The normalized spacial score (nSPS) is 11.1. The molecule has 0 saturated carbocycles. The van der Waals surface area contributed by atoms with E-state index in [4.69, 9.17) is 4.74 Å². The van der Waals surface area contributed by atoms with Crippen molar-refractivity contribution in [3.63, 3.8) is 0 Å². The number of benzene rings is 1. The Morgan fingerprint density at radius 2 is 1.06 bits per heavy atom. The maximum Gasteiger partial charge on any atom is 0.159 e. The number of rotatable bonds is 20. The van der Waals surface area contributed by atoms with Crippen molar-refractivity contribution >= 4 is 0 Å². The zero-order valence-electron chi connectivity index (χ0n) is 21.5. The van der Waals surface area contributed by atoms with Crippen molar-refractivity contribution in [2.24, 2.45) is 0 Å². The van der Waals surface area contributed by atoms with Crippen LogP contribution in [0.2, 0.25) is 0 Å². The van der Waals surface area contributed by atoms with Crippen LogP contribution in [0.15, 0.2) is 36.7 Å². The minimum Gasteiger partial charge on any atom is -0.490 e. The van der Waals surface area contributed by atoms with Crippen LogP contribution in [0.1, 0.15) is 122 Å². The van der Waals surface area contributed by atoms with Crippen LogP contribution in [0.25, 0.3) is 11.4 Å². The summed E-state index contributed by atoms with van der Waals surface area (Å²) >= 11 is 0. The summed E-state index contributed by atoms with van der Waals surface area (Å²) in [6.07, 6.45) is 26.2. The van der Waals surface area contributed by atoms with Crippen molar-refractivity contribution in [3.8, 4) is 17.1 Å². The largest absolute Gasteiger partial charge is 0.490 e. The highest BCUT2D eigenvalue weighted by molar-refractivity contribution is 5.55. The molecule has 0 unspecified atom stereocenters. The number of unbranched alkanes of at least 4 members (excludes halogenated alkanes) is 14. The lowest BCUT2D eigenvalue weighted by atomic mass is 10.0. The highest BCUT2D eigenvalue weighted by Crippen LogP contribution is 2.19. The number of aromatic nitrogens is 2. The minimum absolute atomic E-state index is 0.756. The van der Waals surface area contributed by atoms with E-state index in [9.17, 15) is 0 Å². The van der Waals surface area contributed by atoms with Crippen LogP contribution < -0.4 is 4.74 Å². The molecule has 0 atom stereocenters. The van der Waals surface area contributed by atoms with Gasteiger partial charge in [-0.3, -0.25) is 0 Å². The van der Waals surface area contributed by atoms with Gasteiger partial charge in [0.2, 0.25) is 0 Å². The van der Waals surface area contributed by atoms with Gasteiger partial charge < -0.3 is 4.74 Å². The second kappa shape index (κ2) is 18.5. The number of ether oxygens (including phenoxy) is 1.